The summed E-state index contributed by atoms with van der Waals surface area (Å²) in [5.74, 6) is -0.0159. The Morgan fingerprint density at radius 3 is 2.54 bits per heavy atom. The molecule has 3 rings (SSSR count). The number of thiophene rings is 1. The number of aromatic nitrogens is 2. The Morgan fingerprint density at radius 2 is 1.96 bits per heavy atom. The van der Waals surface area contributed by atoms with E-state index in [0.29, 0.717) is 6.54 Å². The lowest BCUT2D eigenvalue weighted by atomic mass is 10.0. The Kier molecular flexibility index (Phi) is 5.54. The zero-order valence-corrected chi connectivity index (χ0v) is 16.4. The molecule has 0 aliphatic heterocycles. The SMILES string of the molecule is Cc1ccc([C@H]([NH2+]CC(=O)Nc2c(C)nn(C)c2C)c2cccs2)cc1. The van der Waals surface area contributed by atoms with Gasteiger partial charge in [0.05, 0.1) is 22.0 Å². The number of quaternary nitrogens is 1. The molecule has 2 heterocycles. The first-order valence-corrected chi connectivity index (χ1v) is 9.57. The molecule has 0 radical (unpaired) electrons. The number of rotatable bonds is 6. The second-order valence-electron chi connectivity index (χ2n) is 6.56. The van der Waals surface area contributed by atoms with Crippen LogP contribution in [0.2, 0.25) is 0 Å². The zero-order valence-electron chi connectivity index (χ0n) is 15.6. The van der Waals surface area contributed by atoms with Gasteiger partial charge in [-0.2, -0.15) is 5.10 Å². The molecule has 2 aromatic heterocycles. The minimum Gasteiger partial charge on any atom is -0.328 e. The van der Waals surface area contributed by atoms with Gasteiger partial charge in [0.2, 0.25) is 0 Å². The predicted molar refractivity (Wildman–Crippen MR) is 105 cm³/mol. The number of nitrogens with two attached hydrogens (primary N) is 1. The van der Waals surface area contributed by atoms with E-state index < -0.39 is 0 Å². The first-order valence-electron chi connectivity index (χ1n) is 8.69. The van der Waals surface area contributed by atoms with Crippen molar-refractivity contribution < 1.29 is 10.1 Å². The number of nitrogens with zero attached hydrogens (tertiary/aromatic N) is 2. The van der Waals surface area contributed by atoms with Crippen LogP contribution in [-0.4, -0.2) is 22.2 Å². The molecule has 0 saturated carbocycles. The predicted octanol–water partition coefficient (Wildman–Crippen LogP) is 2.70. The summed E-state index contributed by atoms with van der Waals surface area (Å²) in [7, 11) is 1.88. The fourth-order valence-electron chi connectivity index (χ4n) is 3.03. The van der Waals surface area contributed by atoms with Crippen LogP contribution in [0.15, 0.2) is 41.8 Å². The summed E-state index contributed by atoms with van der Waals surface area (Å²) in [5, 5.41) is 11.5. The Bertz CT molecular complexity index is 881. The molecular weight excluding hydrogens is 344 g/mol. The molecule has 26 heavy (non-hydrogen) atoms. The van der Waals surface area contributed by atoms with Crippen LogP contribution < -0.4 is 10.6 Å². The molecule has 0 bridgehead atoms. The van der Waals surface area contributed by atoms with E-state index in [1.165, 1.54) is 16.0 Å². The summed E-state index contributed by atoms with van der Waals surface area (Å²) < 4.78 is 1.79. The lowest BCUT2D eigenvalue weighted by Crippen LogP contribution is -2.87. The van der Waals surface area contributed by atoms with Crippen LogP contribution in [0.3, 0.4) is 0 Å². The summed E-state index contributed by atoms with van der Waals surface area (Å²) in [6, 6.07) is 12.8. The van der Waals surface area contributed by atoms with E-state index >= 15 is 0 Å². The van der Waals surface area contributed by atoms with Gasteiger partial charge in [-0.25, -0.2) is 0 Å². The van der Waals surface area contributed by atoms with Crippen LogP contribution >= 0.6 is 11.3 Å². The minimum atomic E-state index is -0.0159. The maximum atomic E-state index is 12.5. The highest BCUT2D eigenvalue weighted by Gasteiger charge is 2.21. The van der Waals surface area contributed by atoms with Crippen molar-refractivity contribution in [3.8, 4) is 0 Å². The van der Waals surface area contributed by atoms with E-state index in [2.05, 4.69) is 64.4 Å². The molecule has 0 spiro atoms. The second-order valence-corrected chi connectivity index (χ2v) is 7.54. The van der Waals surface area contributed by atoms with Gasteiger partial charge in [-0.1, -0.05) is 35.9 Å². The third-order valence-electron chi connectivity index (χ3n) is 4.60. The zero-order chi connectivity index (χ0) is 18.7. The molecule has 3 N–H and O–H groups in total. The lowest BCUT2D eigenvalue weighted by molar-refractivity contribution is -0.675. The fourth-order valence-corrected chi connectivity index (χ4v) is 3.88. The first kappa shape index (κ1) is 18.4. The number of anilines is 1. The molecule has 1 atom stereocenters. The second kappa shape index (κ2) is 7.85. The van der Waals surface area contributed by atoms with E-state index in [0.717, 1.165) is 17.1 Å². The largest absolute Gasteiger partial charge is 0.328 e. The third-order valence-corrected chi connectivity index (χ3v) is 5.55. The van der Waals surface area contributed by atoms with E-state index in [1.807, 2.05) is 20.9 Å². The number of amides is 1. The van der Waals surface area contributed by atoms with E-state index in [1.54, 1.807) is 16.0 Å². The number of carbonyl (C=O) groups excluding carboxylic acids is 1. The van der Waals surface area contributed by atoms with Gasteiger partial charge in [0.15, 0.2) is 6.54 Å². The van der Waals surface area contributed by atoms with Crippen molar-refractivity contribution in [1.29, 1.82) is 0 Å². The van der Waals surface area contributed by atoms with Crippen molar-refractivity contribution in [2.45, 2.75) is 26.8 Å². The summed E-state index contributed by atoms with van der Waals surface area (Å²) in [5.41, 5.74) is 5.06. The Hall–Kier alpha value is -2.44. The van der Waals surface area contributed by atoms with E-state index in [-0.39, 0.29) is 11.9 Å². The average molecular weight is 370 g/mol. The van der Waals surface area contributed by atoms with Crippen LogP contribution in [0, 0.1) is 20.8 Å². The summed E-state index contributed by atoms with van der Waals surface area (Å²) >= 11 is 1.72. The van der Waals surface area contributed by atoms with Crippen molar-refractivity contribution in [1.82, 2.24) is 9.78 Å². The summed E-state index contributed by atoms with van der Waals surface area (Å²) in [4.78, 5) is 13.8. The minimum absolute atomic E-state index is 0.0159. The van der Waals surface area contributed by atoms with Crippen LogP contribution in [0.4, 0.5) is 5.69 Å². The number of nitrogens with one attached hydrogen (secondary N) is 1. The van der Waals surface area contributed by atoms with Crippen LogP contribution in [-0.2, 0) is 11.8 Å². The fraction of sp³-hybridized carbons (Fsp3) is 0.300. The maximum Gasteiger partial charge on any atom is 0.279 e. The van der Waals surface area contributed by atoms with Gasteiger partial charge >= 0.3 is 0 Å². The Morgan fingerprint density at radius 1 is 1.23 bits per heavy atom. The molecule has 1 amide bonds. The highest BCUT2D eigenvalue weighted by molar-refractivity contribution is 7.10. The van der Waals surface area contributed by atoms with Crippen molar-refractivity contribution in [2.24, 2.45) is 7.05 Å². The third kappa shape index (κ3) is 4.03. The van der Waals surface area contributed by atoms with Crippen LogP contribution in [0.5, 0.6) is 0 Å². The van der Waals surface area contributed by atoms with Crippen molar-refractivity contribution >= 4 is 22.9 Å². The molecular formula is C20H25N4OS+. The van der Waals surface area contributed by atoms with Crippen LogP contribution in [0.25, 0.3) is 0 Å². The highest BCUT2D eigenvalue weighted by atomic mass is 32.1. The van der Waals surface area contributed by atoms with Gasteiger partial charge < -0.3 is 10.6 Å². The van der Waals surface area contributed by atoms with E-state index in [4.69, 9.17) is 0 Å². The number of carbonyl (C=O) groups is 1. The Labute approximate surface area is 158 Å². The maximum absolute atomic E-state index is 12.5. The topological polar surface area (TPSA) is 63.5 Å². The highest BCUT2D eigenvalue weighted by Crippen LogP contribution is 2.23. The average Bonchev–Trinajstić information content (AvgIpc) is 3.22. The van der Waals surface area contributed by atoms with Crippen molar-refractivity contribution in [3.05, 3.63) is 69.2 Å². The number of benzene rings is 1. The molecule has 0 aliphatic carbocycles. The van der Waals surface area contributed by atoms with Gasteiger partial charge in [-0.05, 0) is 32.2 Å². The van der Waals surface area contributed by atoms with Crippen molar-refractivity contribution in [2.75, 3.05) is 11.9 Å². The molecule has 3 aromatic rings. The van der Waals surface area contributed by atoms with Crippen molar-refractivity contribution in [3.63, 3.8) is 0 Å². The molecule has 0 unspecified atom stereocenters. The summed E-state index contributed by atoms with van der Waals surface area (Å²) in [6.45, 7) is 6.30. The first-order chi connectivity index (χ1) is 12.5. The number of aryl methyl sites for hydroxylation is 3. The molecule has 6 heteroatoms. The summed E-state index contributed by atoms with van der Waals surface area (Å²) in [6.07, 6.45) is 0. The molecule has 0 saturated heterocycles. The van der Waals surface area contributed by atoms with Gasteiger partial charge in [0, 0.05) is 12.6 Å². The smallest absolute Gasteiger partial charge is 0.279 e. The van der Waals surface area contributed by atoms with Gasteiger partial charge in [-0.3, -0.25) is 9.48 Å². The monoisotopic (exact) mass is 369 g/mol. The van der Waals surface area contributed by atoms with Gasteiger partial charge in [0.25, 0.3) is 5.91 Å². The number of hydrogen-bond donors (Lipinski definition) is 2. The lowest BCUT2D eigenvalue weighted by Gasteiger charge is -2.15. The van der Waals surface area contributed by atoms with Crippen LogP contribution in [0.1, 0.15) is 33.4 Å². The standard InChI is InChI=1S/C20H24N4OS/c1-13-7-9-16(10-8-13)20(17-6-5-11-26-17)21-12-18(25)22-19-14(2)23-24(4)15(19)3/h5-11,20-21H,12H2,1-4H3,(H,22,25)/p+1/t20-/m0/s1. The van der Waals surface area contributed by atoms with E-state index in [9.17, 15) is 4.79 Å². The molecule has 1 aromatic carbocycles. The molecule has 0 aliphatic rings. The normalized spacial score (nSPS) is 12.2. The quantitative estimate of drug-likeness (QED) is 0.702. The number of hydrogen-bond acceptors (Lipinski definition) is 3. The van der Waals surface area contributed by atoms with Gasteiger partial charge in [-0.15, -0.1) is 11.3 Å². The molecule has 5 nitrogen and oxygen atoms in total. The molecule has 0 fully saturated rings. The van der Waals surface area contributed by atoms with Gasteiger partial charge in [0.1, 0.15) is 6.04 Å². The Balaban J connectivity index is 1.71. The molecule has 136 valence electrons.